The lowest BCUT2D eigenvalue weighted by Crippen LogP contribution is -2.37. The van der Waals surface area contributed by atoms with Gasteiger partial charge in [0.05, 0.1) is 48.9 Å². The quantitative estimate of drug-likeness (QED) is 0.355. The third-order valence-corrected chi connectivity index (χ3v) is 4.73. The van der Waals surface area contributed by atoms with E-state index in [1.165, 1.54) is 6.21 Å². The van der Waals surface area contributed by atoms with E-state index in [-0.39, 0.29) is 11.8 Å². The molecule has 0 saturated carbocycles. The van der Waals surface area contributed by atoms with E-state index in [1.807, 2.05) is 42.2 Å². The summed E-state index contributed by atoms with van der Waals surface area (Å²) in [6, 6.07) is 11.5. The Morgan fingerprint density at radius 2 is 2.00 bits per heavy atom. The molecule has 9 nitrogen and oxygen atoms in total. The normalized spacial score (nSPS) is 14.1. The summed E-state index contributed by atoms with van der Waals surface area (Å²) in [4.78, 5) is 14.3. The Labute approximate surface area is 179 Å². The summed E-state index contributed by atoms with van der Waals surface area (Å²) in [5, 5.41) is 5.67. The molecule has 0 amide bonds. The predicted molar refractivity (Wildman–Crippen MR) is 118 cm³/mol. The number of ether oxygens (including phenoxy) is 1. The van der Waals surface area contributed by atoms with Crippen LogP contribution in [0.3, 0.4) is 0 Å². The maximum Gasteiger partial charge on any atom is 0.245 e. The Kier molecular flexibility index (Phi) is 6.29. The Hall–Kier alpha value is -3.63. The van der Waals surface area contributed by atoms with Gasteiger partial charge in [0.1, 0.15) is 0 Å². The fourth-order valence-electron chi connectivity index (χ4n) is 3.11. The number of morpholine rings is 1. The molecule has 1 aromatic carbocycles. The van der Waals surface area contributed by atoms with Crippen molar-refractivity contribution in [3.05, 3.63) is 65.9 Å². The molecule has 4 rings (SSSR count). The van der Waals surface area contributed by atoms with E-state index in [4.69, 9.17) is 10.6 Å². The zero-order valence-corrected chi connectivity index (χ0v) is 17.1. The van der Waals surface area contributed by atoms with E-state index < -0.39 is 5.82 Å². The summed E-state index contributed by atoms with van der Waals surface area (Å²) in [6.45, 7) is 4.24. The second-order valence-corrected chi connectivity index (χ2v) is 6.98. The van der Waals surface area contributed by atoms with Gasteiger partial charge in [-0.05, 0) is 36.8 Å². The van der Waals surface area contributed by atoms with Crippen LogP contribution in [0.4, 0.5) is 27.5 Å². The summed E-state index contributed by atoms with van der Waals surface area (Å²) in [7, 11) is 0. The fourth-order valence-corrected chi connectivity index (χ4v) is 3.11. The number of hydrogen-bond acceptors (Lipinski definition) is 9. The van der Waals surface area contributed by atoms with E-state index in [0.29, 0.717) is 32.0 Å². The molecule has 3 aromatic rings. The van der Waals surface area contributed by atoms with Gasteiger partial charge in [-0.25, -0.2) is 20.6 Å². The molecule has 1 saturated heterocycles. The average molecular weight is 422 g/mol. The highest BCUT2D eigenvalue weighted by Gasteiger charge is 2.17. The van der Waals surface area contributed by atoms with Crippen molar-refractivity contribution in [1.82, 2.24) is 15.0 Å². The number of benzene rings is 1. The number of nitrogens with zero attached hydrogens (tertiary/aromatic N) is 6. The molecule has 1 aliphatic heterocycles. The number of hydrogen-bond donors (Lipinski definition) is 2. The van der Waals surface area contributed by atoms with Crippen molar-refractivity contribution < 1.29 is 9.13 Å². The summed E-state index contributed by atoms with van der Waals surface area (Å²) in [5.41, 5.74) is 6.07. The number of aromatic nitrogens is 3. The van der Waals surface area contributed by atoms with Crippen LogP contribution in [0.2, 0.25) is 0 Å². The first-order valence-corrected chi connectivity index (χ1v) is 9.82. The van der Waals surface area contributed by atoms with Crippen LogP contribution in [0, 0.1) is 12.7 Å². The number of hydrazine groups is 1. The first-order chi connectivity index (χ1) is 15.1. The highest BCUT2D eigenvalue weighted by molar-refractivity contribution is 5.78. The molecule has 0 unspecified atom stereocenters. The number of rotatable bonds is 6. The van der Waals surface area contributed by atoms with E-state index in [0.717, 1.165) is 23.1 Å². The zero-order chi connectivity index (χ0) is 21.6. The minimum atomic E-state index is -0.478. The third-order valence-electron chi connectivity index (χ3n) is 4.73. The largest absolute Gasteiger partial charge is 0.378 e. The lowest BCUT2D eigenvalue weighted by atomic mass is 10.2. The first-order valence-electron chi connectivity index (χ1n) is 9.82. The molecule has 0 bridgehead atoms. The monoisotopic (exact) mass is 422 g/mol. The number of halogens is 1. The van der Waals surface area contributed by atoms with Gasteiger partial charge < -0.3 is 9.64 Å². The van der Waals surface area contributed by atoms with Crippen molar-refractivity contribution in [2.75, 3.05) is 41.6 Å². The van der Waals surface area contributed by atoms with Crippen LogP contribution in [0.1, 0.15) is 11.3 Å². The van der Waals surface area contributed by atoms with Crippen LogP contribution in [0.5, 0.6) is 0 Å². The number of pyridine rings is 1. The van der Waals surface area contributed by atoms with Gasteiger partial charge in [0, 0.05) is 13.1 Å². The summed E-state index contributed by atoms with van der Waals surface area (Å²) >= 11 is 0. The molecule has 10 heteroatoms. The van der Waals surface area contributed by atoms with Crippen LogP contribution >= 0.6 is 0 Å². The van der Waals surface area contributed by atoms with Gasteiger partial charge >= 0.3 is 0 Å². The van der Waals surface area contributed by atoms with Crippen LogP contribution in [-0.2, 0) is 4.74 Å². The van der Waals surface area contributed by atoms with Crippen molar-refractivity contribution in [3.63, 3.8) is 0 Å². The van der Waals surface area contributed by atoms with Gasteiger partial charge in [-0.15, -0.1) is 0 Å². The molecule has 31 heavy (non-hydrogen) atoms. The summed E-state index contributed by atoms with van der Waals surface area (Å²) < 4.78 is 19.4. The van der Waals surface area contributed by atoms with E-state index in [9.17, 15) is 4.39 Å². The lowest BCUT2D eigenvalue weighted by molar-refractivity contribution is 0.122. The van der Waals surface area contributed by atoms with Crippen LogP contribution in [0.15, 0.2) is 53.9 Å². The Morgan fingerprint density at radius 1 is 1.16 bits per heavy atom. The molecule has 3 N–H and O–H groups in total. The predicted octanol–water partition coefficient (Wildman–Crippen LogP) is 2.61. The highest BCUT2D eigenvalue weighted by atomic mass is 19.1. The van der Waals surface area contributed by atoms with Gasteiger partial charge in [0.2, 0.25) is 5.95 Å². The Bertz CT molecular complexity index is 1050. The molecule has 0 atom stereocenters. The first kappa shape index (κ1) is 20.6. The fraction of sp³-hybridized carbons (Fsp3) is 0.238. The average Bonchev–Trinajstić information content (AvgIpc) is 2.81. The van der Waals surface area contributed by atoms with Crippen LogP contribution in [-0.4, -0.2) is 47.5 Å². The molecular formula is C21H23FN8O. The topological polar surface area (TPSA) is 105 Å². The Balaban J connectivity index is 1.40. The van der Waals surface area contributed by atoms with Crippen molar-refractivity contribution >= 4 is 29.4 Å². The summed E-state index contributed by atoms with van der Waals surface area (Å²) in [5.74, 6) is 6.14. The van der Waals surface area contributed by atoms with Crippen molar-refractivity contribution in [2.45, 2.75) is 6.92 Å². The third kappa shape index (κ3) is 5.11. The zero-order valence-electron chi connectivity index (χ0n) is 17.1. The van der Waals surface area contributed by atoms with E-state index in [2.05, 4.69) is 25.5 Å². The molecule has 1 aliphatic rings. The number of anilines is 4. The smallest absolute Gasteiger partial charge is 0.245 e. The number of nitrogens with two attached hydrogens (primary N) is 1. The van der Waals surface area contributed by atoms with Gasteiger partial charge in [-0.1, -0.05) is 12.1 Å². The van der Waals surface area contributed by atoms with Crippen molar-refractivity contribution in [2.24, 2.45) is 10.9 Å². The van der Waals surface area contributed by atoms with Crippen molar-refractivity contribution in [3.8, 4) is 0 Å². The standard InChI is InChI=1S/C21H23FN8O/c1-15-3-2-4-17(11-15)30(23)18-6-5-16(24-13-18)12-26-28-21-25-14-19(22)20(27-21)29-7-9-31-10-8-29/h2-6,11-14H,7-10,23H2,1H3,(H,25,27,28)/b26-12+. The van der Waals surface area contributed by atoms with Gasteiger partial charge in [0.25, 0.3) is 0 Å². The van der Waals surface area contributed by atoms with Crippen LogP contribution in [0.25, 0.3) is 0 Å². The van der Waals surface area contributed by atoms with E-state index >= 15 is 0 Å². The lowest BCUT2D eigenvalue weighted by Gasteiger charge is -2.27. The van der Waals surface area contributed by atoms with Crippen molar-refractivity contribution in [1.29, 1.82) is 0 Å². The highest BCUT2D eigenvalue weighted by Crippen LogP contribution is 2.22. The molecule has 2 aromatic heterocycles. The molecule has 0 radical (unpaired) electrons. The number of hydrazone groups is 1. The Morgan fingerprint density at radius 3 is 2.74 bits per heavy atom. The SMILES string of the molecule is Cc1cccc(N(N)c2ccc(/C=N/Nc3ncc(F)c(N4CCOCC4)n3)nc2)c1. The summed E-state index contributed by atoms with van der Waals surface area (Å²) in [6.07, 6.45) is 4.32. The molecule has 0 spiro atoms. The molecule has 3 heterocycles. The number of aryl methyl sites for hydroxylation is 1. The molecule has 0 aliphatic carbocycles. The van der Waals surface area contributed by atoms with Crippen LogP contribution < -0.4 is 21.2 Å². The van der Waals surface area contributed by atoms with Gasteiger partial charge in [-0.3, -0.25) is 9.99 Å². The van der Waals surface area contributed by atoms with Gasteiger partial charge in [0.15, 0.2) is 11.6 Å². The molecule has 160 valence electrons. The minimum Gasteiger partial charge on any atom is -0.378 e. The molecular weight excluding hydrogens is 399 g/mol. The van der Waals surface area contributed by atoms with E-state index in [1.54, 1.807) is 17.3 Å². The second-order valence-electron chi connectivity index (χ2n) is 6.98. The van der Waals surface area contributed by atoms with Gasteiger partial charge in [-0.2, -0.15) is 10.1 Å². The number of nitrogens with one attached hydrogen (secondary N) is 1. The maximum atomic E-state index is 14.1. The molecule has 1 fully saturated rings. The minimum absolute atomic E-state index is 0.198. The second kappa shape index (κ2) is 9.45. The maximum absolute atomic E-state index is 14.1.